The number of Topliss-reactive ketones (excluding diaryl/α,β-unsaturated/α-hetero) is 1. The molecule has 0 radical (unpaired) electrons. The van der Waals surface area contributed by atoms with Gasteiger partial charge in [-0.25, -0.2) is 9.18 Å². The van der Waals surface area contributed by atoms with Crippen molar-refractivity contribution in [3.8, 4) is 0 Å². The van der Waals surface area contributed by atoms with E-state index in [0.717, 1.165) is 18.5 Å². The van der Waals surface area contributed by atoms with Gasteiger partial charge in [0.05, 0.1) is 6.54 Å². The molecule has 6 N–H and O–H groups in total. The number of nitrogens with two attached hydrogens (primary N) is 2. The molecule has 0 spiro atoms. The average molecular weight is 560 g/mol. The summed E-state index contributed by atoms with van der Waals surface area (Å²) >= 11 is 0. The summed E-state index contributed by atoms with van der Waals surface area (Å²) in [6, 6.07) is 14.1. The number of aliphatic imine (C=N–C) groups is 1. The third-order valence-electron chi connectivity index (χ3n) is 5.17. The van der Waals surface area contributed by atoms with Crippen molar-refractivity contribution in [3.05, 3.63) is 66.5 Å². The second-order valence-electron chi connectivity index (χ2n) is 8.38. The molecule has 0 aliphatic carbocycles. The summed E-state index contributed by atoms with van der Waals surface area (Å²) in [4.78, 5) is 55.9. The maximum atomic E-state index is 12.3. The SMILES string of the molecule is CCCN=C(N)N.O=C(CF)CNC(=O)C1CCCN1C(=O)CNC(=O)OCc1ccccc1.c1ccncc1. The number of ether oxygens (including phenoxy) is 1. The lowest BCUT2D eigenvalue weighted by Gasteiger charge is -2.23. The number of carbonyl (C=O) groups excluding carboxylic acids is 4. The second-order valence-corrected chi connectivity index (χ2v) is 8.38. The van der Waals surface area contributed by atoms with Crippen LogP contribution in [-0.2, 0) is 25.7 Å². The molecular formula is C27H38FN7O5. The summed E-state index contributed by atoms with van der Waals surface area (Å²) in [5, 5.41) is 4.69. The fraction of sp³-hybridized carbons (Fsp3) is 0.407. The van der Waals surface area contributed by atoms with Crippen molar-refractivity contribution in [1.82, 2.24) is 20.5 Å². The zero-order valence-corrected chi connectivity index (χ0v) is 22.6. The maximum Gasteiger partial charge on any atom is 0.407 e. The van der Waals surface area contributed by atoms with Gasteiger partial charge in [-0.3, -0.25) is 24.4 Å². The molecule has 2 aromatic rings. The molecular weight excluding hydrogens is 521 g/mol. The van der Waals surface area contributed by atoms with Gasteiger partial charge in [0, 0.05) is 25.5 Å². The van der Waals surface area contributed by atoms with Crippen LogP contribution in [0.2, 0.25) is 0 Å². The Morgan fingerprint density at radius 1 is 1.05 bits per heavy atom. The molecule has 3 rings (SSSR count). The number of nitrogens with one attached hydrogen (secondary N) is 2. The van der Waals surface area contributed by atoms with E-state index >= 15 is 0 Å². The molecule has 3 amide bonds. The summed E-state index contributed by atoms with van der Waals surface area (Å²) in [6.07, 6.45) is 4.83. The predicted molar refractivity (Wildman–Crippen MR) is 149 cm³/mol. The number of rotatable bonds is 10. The van der Waals surface area contributed by atoms with Gasteiger partial charge in [-0.2, -0.15) is 0 Å². The third kappa shape index (κ3) is 15.0. The van der Waals surface area contributed by atoms with Gasteiger partial charge in [-0.05, 0) is 37.0 Å². The van der Waals surface area contributed by atoms with Gasteiger partial charge in [-0.1, -0.05) is 43.3 Å². The molecule has 1 atom stereocenters. The van der Waals surface area contributed by atoms with Crippen molar-refractivity contribution < 1.29 is 28.3 Å². The lowest BCUT2D eigenvalue weighted by atomic mass is 10.2. The van der Waals surface area contributed by atoms with E-state index in [1.54, 1.807) is 24.5 Å². The van der Waals surface area contributed by atoms with Crippen molar-refractivity contribution in [2.45, 2.75) is 38.8 Å². The number of hydrogen-bond acceptors (Lipinski definition) is 7. The molecule has 40 heavy (non-hydrogen) atoms. The Labute approximate surface area is 233 Å². The highest BCUT2D eigenvalue weighted by molar-refractivity contribution is 5.92. The van der Waals surface area contributed by atoms with Gasteiger partial charge in [0.25, 0.3) is 0 Å². The van der Waals surface area contributed by atoms with Crippen LogP contribution in [0.5, 0.6) is 0 Å². The minimum Gasteiger partial charge on any atom is -0.445 e. The Morgan fingerprint density at radius 2 is 1.73 bits per heavy atom. The summed E-state index contributed by atoms with van der Waals surface area (Å²) in [5.41, 5.74) is 10.8. The van der Waals surface area contributed by atoms with E-state index < -0.39 is 43.0 Å². The first-order valence-corrected chi connectivity index (χ1v) is 12.8. The van der Waals surface area contributed by atoms with Crippen LogP contribution in [0.4, 0.5) is 9.18 Å². The highest BCUT2D eigenvalue weighted by Crippen LogP contribution is 2.17. The summed E-state index contributed by atoms with van der Waals surface area (Å²) in [7, 11) is 0. The van der Waals surface area contributed by atoms with Crippen molar-refractivity contribution in [2.24, 2.45) is 16.5 Å². The van der Waals surface area contributed by atoms with Crippen molar-refractivity contribution in [2.75, 3.05) is 32.9 Å². The largest absolute Gasteiger partial charge is 0.445 e. The zero-order chi connectivity index (χ0) is 29.6. The van der Waals surface area contributed by atoms with E-state index in [4.69, 9.17) is 16.2 Å². The molecule has 12 nitrogen and oxygen atoms in total. The van der Waals surface area contributed by atoms with Crippen molar-refractivity contribution in [3.63, 3.8) is 0 Å². The fourth-order valence-corrected chi connectivity index (χ4v) is 3.27. The number of alkyl carbamates (subject to hydrolysis) is 1. The second kappa shape index (κ2) is 20.4. The highest BCUT2D eigenvalue weighted by atomic mass is 19.1. The molecule has 13 heteroatoms. The standard InChI is InChI=1S/C18H22FN3O5.C5H5N.C4H11N3/c19-9-14(23)10-20-17(25)15-7-4-8-22(15)16(24)11-21-18(26)27-12-13-5-2-1-3-6-13;1-2-4-6-5-3-1;1-2-3-7-4(5)6/h1-3,5-6,15H,4,7-12H2,(H,20,25)(H,21,26);1-5H;2-3H2,1H3,(H4,5,6,7). The van der Waals surface area contributed by atoms with Gasteiger partial charge in [0.1, 0.15) is 25.9 Å². The number of halogens is 1. The normalized spacial score (nSPS) is 13.3. The molecule has 1 aromatic carbocycles. The molecule has 1 unspecified atom stereocenters. The highest BCUT2D eigenvalue weighted by Gasteiger charge is 2.34. The van der Waals surface area contributed by atoms with E-state index in [-0.39, 0.29) is 19.1 Å². The van der Waals surface area contributed by atoms with Crippen molar-refractivity contribution >= 4 is 29.7 Å². The molecule has 1 aliphatic heterocycles. The Bertz CT molecular complexity index is 1030. The first-order chi connectivity index (χ1) is 19.3. The van der Waals surface area contributed by atoms with Crippen LogP contribution in [0, 0.1) is 0 Å². The molecule has 1 fully saturated rings. The number of carbonyl (C=O) groups is 4. The van der Waals surface area contributed by atoms with Crippen LogP contribution >= 0.6 is 0 Å². The monoisotopic (exact) mass is 559 g/mol. The molecule has 1 aliphatic rings. The first-order valence-electron chi connectivity index (χ1n) is 12.8. The lowest BCUT2D eigenvalue weighted by molar-refractivity contribution is -0.138. The van der Waals surface area contributed by atoms with Crippen LogP contribution in [0.1, 0.15) is 31.7 Å². The molecule has 2 heterocycles. The summed E-state index contributed by atoms with van der Waals surface area (Å²) in [5.74, 6) is -1.49. The number of amides is 3. The number of likely N-dealkylation sites (tertiary alicyclic amines) is 1. The number of nitrogens with zero attached hydrogens (tertiary/aromatic N) is 3. The molecule has 0 bridgehead atoms. The van der Waals surface area contributed by atoms with E-state index in [9.17, 15) is 23.6 Å². The number of guanidine groups is 1. The number of alkyl halides is 1. The number of aromatic nitrogens is 1. The average Bonchev–Trinajstić information content (AvgIpc) is 3.49. The predicted octanol–water partition coefficient (Wildman–Crippen LogP) is 1.31. The summed E-state index contributed by atoms with van der Waals surface area (Å²) < 4.78 is 17.2. The van der Waals surface area contributed by atoms with Gasteiger partial charge in [0.2, 0.25) is 11.8 Å². The number of pyridine rings is 1. The smallest absolute Gasteiger partial charge is 0.407 e. The van der Waals surface area contributed by atoms with Gasteiger partial charge < -0.3 is 31.7 Å². The lowest BCUT2D eigenvalue weighted by Crippen LogP contribution is -2.49. The van der Waals surface area contributed by atoms with E-state index in [1.165, 1.54) is 4.90 Å². The fourth-order valence-electron chi connectivity index (χ4n) is 3.27. The Balaban J connectivity index is 0.000000502. The minimum absolute atomic E-state index is 0.0816. The molecule has 218 valence electrons. The number of ketones is 1. The Hall–Kier alpha value is -4.55. The Kier molecular flexibility index (Phi) is 17.1. The first kappa shape index (κ1) is 33.5. The molecule has 0 saturated carbocycles. The Morgan fingerprint density at radius 3 is 2.25 bits per heavy atom. The van der Waals surface area contributed by atoms with Crippen LogP contribution in [0.15, 0.2) is 65.9 Å². The van der Waals surface area contributed by atoms with Crippen LogP contribution in [-0.4, -0.2) is 78.4 Å². The number of benzene rings is 1. The van der Waals surface area contributed by atoms with E-state index in [2.05, 4.69) is 20.6 Å². The van der Waals surface area contributed by atoms with Gasteiger partial charge in [0.15, 0.2) is 11.7 Å². The molecule has 1 aromatic heterocycles. The van der Waals surface area contributed by atoms with Crippen LogP contribution in [0.25, 0.3) is 0 Å². The topological polar surface area (TPSA) is 182 Å². The quantitative estimate of drug-likeness (QED) is 0.248. The zero-order valence-electron chi connectivity index (χ0n) is 22.6. The molecule has 1 saturated heterocycles. The van der Waals surface area contributed by atoms with Gasteiger partial charge >= 0.3 is 6.09 Å². The van der Waals surface area contributed by atoms with E-state index in [0.29, 0.717) is 19.4 Å². The third-order valence-corrected chi connectivity index (χ3v) is 5.17. The van der Waals surface area contributed by atoms with Crippen molar-refractivity contribution in [1.29, 1.82) is 0 Å². The van der Waals surface area contributed by atoms with Crippen LogP contribution in [0.3, 0.4) is 0 Å². The maximum absolute atomic E-state index is 12.3. The number of hydrogen-bond donors (Lipinski definition) is 4. The van der Waals surface area contributed by atoms with Crippen LogP contribution < -0.4 is 22.1 Å². The minimum atomic E-state index is -1.15. The van der Waals surface area contributed by atoms with Gasteiger partial charge in [-0.15, -0.1) is 0 Å². The van der Waals surface area contributed by atoms with E-state index in [1.807, 2.05) is 43.3 Å². The summed E-state index contributed by atoms with van der Waals surface area (Å²) in [6.45, 7) is 1.35.